The quantitative estimate of drug-likeness (QED) is 0.418. The molecule has 1 N–H and O–H groups in total. The topological polar surface area (TPSA) is 38.3 Å². The number of halogens is 3. The minimum Gasteiger partial charge on any atom is -0.489 e. The molecule has 29 heavy (non-hydrogen) atoms. The van der Waals surface area contributed by atoms with Crippen molar-refractivity contribution in [1.29, 1.82) is 0 Å². The molecule has 0 radical (unpaired) electrons. The molecule has 0 atom stereocenters. The van der Waals surface area contributed by atoms with Gasteiger partial charge in [-0.15, -0.1) is 0 Å². The first-order chi connectivity index (χ1) is 14.0. The fourth-order valence-corrected chi connectivity index (χ4v) is 3.09. The molecular weight excluding hydrogens is 429 g/mol. The number of nitrogens with one attached hydrogen (secondary N) is 1. The summed E-state index contributed by atoms with van der Waals surface area (Å²) in [6, 6.07) is 20.1. The number of rotatable bonds is 7. The van der Waals surface area contributed by atoms with E-state index in [1.54, 1.807) is 30.3 Å². The summed E-state index contributed by atoms with van der Waals surface area (Å²) in [5.41, 5.74) is 2.74. The second kappa shape index (κ2) is 10.4. The number of hydrogen-bond acceptors (Lipinski definition) is 2. The summed E-state index contributed by atoms with van der Waals surface area (Å²) in [5, 5.41) is 4.66. The second-order valence-corrected chi connectivity index (χ2v) is 7.55. The first kappa shape index (κ1) is 21.3. The van der Waals surface area contributed by atoms with E-state index in [4.69, 9.17) is 39.5 Å². The van der Waals surface area contributed by atoms with Crippen LogP contribution in [0.4, 0.5) is 0 Å². The van der Waals surface area contributed by atoms with Crippen LogP contribution in [0, 0.1) is 0 Å². The molecule has 0 spiro atoms. The van der Waals surface area contributed by atoms with E-state index in [-0.39, 0.29) is 5.91 Å². The predicted octanol–water partition coefficient (Wildman–Crippen LogP) is 6.56. The van der Waals surface area contributed by atoms with Crippen molar-refractivity contribution in [3.63, 3.8) is 0 Å². The SMILES string of the molecule is O=C(C=Cc1ccc(OCc2ccc(Cl)cc2Cl)cc1)NCc1ccc(Cl)cc1. The third kappa shape index (κ3) is 6.82. The predicted molar refractivity (Wildman–Crippen MR) is 120 cm³/mol. The van der Waals surface area contributed by atoms with Crippen LogP contribution >= 0.6 is 34.8 Å². The summed E-state index contributed by atoms with van der Waals surface area (Å²) in [6.45, 7) is 0.790. The summed E-state index contributed by atoms with van der Waals surface area (Å²) in [4.78, 5) is 12.0. The lowest BCUT2D eigenvalue weighted by atomic mass is 10.2. The van der Waals surface area contributed by atoms with Gasteiger partial charge in [-0.3, -0.25) is 4.79 Å². The van der Waals surface area contributed by atoms with Crippen LogP contribution in [0.25, 0.3) is 6.08 Å². The molecule has 0 aromatic heterocycles. The van der Waals surface area contributed by atoms with Crippen molar-refractivity contribution in [3.8, 4) is 5.75 Å². The average molecular weight is 447 g/mol. The second-order valence-electron chi connectivity index (χ2n) is 6.27. The first-order valence-electron chi connectivity index (χ1n) is 8.87. The lowest BCUT2D eigenvalue weighted by Gasteiger charge is -2.08. The number of carbonyl (C=O) groups excluding carboxylic acids is 1. The monoisotopic (exact) mass is 445 g/mol. The van der Waals surface area contributed by atoms with Gasteiger partial charge in [0.25, 0.3) is 0 Å². The van der Waals surface area contributed by atoms with E-state index in [0.29, 0.717) is 34.0 Å². The zero-order valence-electron chi connectivity index (χ0n) is 15.4. The van der Waals surface area contributed by atoms with E-state index >= 15 is 0 Å². The molecule has 6 heteroatoms. The minimum absolute atomic E-state index is 0.169. The molecule has 148 valence electrons. The van der Waals surface area contributed by atoms with Gasteiger partial charge in [0.2, 0.25) is 5.91 Å². The standard InChI is InChI=1S/C23H18Cl3NO2/c24-19-7-1-17(2-8-19)14-27-23(28)12-5-16-3-10-21(11-4-16)29-15-18-6-9-20(25)13-22(18)26/h1-13H,14-15H2,(H,27,28). The normalized spacial score (nSPS) is 10.9. The van der Waals surface area contributed by atoms with Crippen LogP contribution in [0.3, 0.4) is 0 Å². The highest BCUT2D eigenvalue weighted by Gasteiger charge is 2.03. The van der Waals surface area contributed by atoms with Crippen molar-refractivity contribution in [2.45, 2.75) is 13.2 Å². The van der Waals surface area contributed by atoms with Gasteiger partial charge in [0.05, 0.1) is 0 Å². The lowest BCUT2D eigenvalue weighted by molar-refractivity contribution is -0.116. The molecule has 0 saturated carbocycles. The Bertz CT molecular complexity index is 1000. The number of ether oxygens (including phenoxy) is 1. The van der Waals surface area contributed by atoms with Crippen LogP contribution in [0.1, 0.15) is 16.7 Å². The molecule has 0 bridgehead atoms. The van der Waals surface area contributed by atoms with Gasteiger partial charge >= 0.3 is 0 Å². The maximum atomic E-state index is 12.0. The Morgan fingerprint density at radius 3 is 2.28 bits per heavy atom. The molecule has 1 amide bonds. The van der Waals surface area contributed by atoms with E-state index in [1.807, 2.05) is 42.5 Å². The number of hydrogen-bond donors (Lipinski definition) is 1. The zero-order chi connectivity index (χ0) is 20.6. The lowest BCUT2D eigenvalue weighted by Crippen LogP contribution is -2.20. The average Bonchev–Trinajstić information content (AvgIpc) is 2.72. The van der Waals surface area contributed by atoms with Crippen molar-refractivity contribution < 1.29 is 9.53 Å². The summed E-state index contributed by atoms with van der Waals surface area (Å²) in [7, 11) is 0. The molecule has 3 aromatic carbocycles. The molecule has 0 unspecified atom stereocenters. The fourth-order valence-electron chi connectivity index (χ4n) is 2.50. The molecule has 0 saturated heterocycles. The smallest absolute Gasteiger partial charge is 0.244 e. The van der Waals surface area contributed by atoms with Gasteiger partial charge in [-0.05, 0) is 53.6 Å². The van der Waals surface area contributed by atoms with E-state index in [9.17, 15) is 4.79 Å². The number of benzene rings is 3. The van der Waals surface area contributed by atoms with Crippen LogP contribution in [0.2, 0.25) is 15.1 Å². The summed E-state index contributed by atoms with van der Waals surface area (Å²) in [6.07, 6.45) is 3.25. The van der Waals surface area contributed by atoms with Gasteiger partial charge in [-0.2, -0.15) is 0 Å². The molecule has 3 rings (SSSR count). The highest BCUT2D eigenvalue weighted by atomic mass is 35.5. The van der Waals surface area contributed by atoms with Gasteiger partial charge < -0.3 is 10.1 Å². The van der Waals surface area contributed by atoms with E-state index in [2.05, 4.69) is 5.32 Å². The largest absolute Gasteiger partial charge is 0.489 e. The van der Waals surface area contributed by atoms with Gasteiger partial charge in [-0.25, -0.2) is 0 Å². The molecular formula is C23H18Cl3NO2. The molecule has 3 nitrogen and oxygen atoms in total. The van der Waals surface area contributed by atoms with Crippen LogP contribution in [0.15, 0.2) is 72.8 Å². The Morgan fingerprint density at radius 1 is 0.897 bits per heavy atom. The van der Waals surface area contributed by atoms with Crippen molar-refractivity contribution in [3.05, 3.63) is 105 Å². The molecule has 0 heterocycles. The highest BCUT2D eigenvalue weighted by molar-refractivity contribution is 6.35. The third-order valence-electron chi connectivity index (χ3n) is 4.10. The highest BCUT2D eigenvalue weighted by Crippen LogP contribution is 2.23. The molecule has 0 aliphatic rings. The van der Waals surface area contributed by atoms with Crippen LogP contribution in [-0.2, 0) is 17.9 Å². The maximum absolute atomic E-state index is 12.0. The summed E-state index contributed by atoms with van der Waals surface area (Å²) < 4.78 is 5.75. The number of amides is 1. The van der Waals surface area contributed by atoms with Crippen molar-refractivity contribution in [2.75, 3.05) is 0 Å². The molecule has 0 fully saturated rings. The van der Waals surface area contributed by atoms with Crippen LogP contribution in [-0.4, -0.2) is 5.91 Å². The fraction of sp³-hybridized carbons (Fsp3) is 0.0870. The summed E-state index contributed by atoms with van der Waals surface area (Å²) in [5.74, 6) is 0.540. The van der Waals surface area contributed by atoms with Crippen molar-refractivity contribution >= 4 is 46.8 Å². The Labute approximate surface area is 184 Å². The van der Waals surface area contributed by atoms with Crippen LogP contribution < -0.4 is 10.1 Å². The van der Waals surface area contributed by atoms with Gasteiger partial charge in [0.1, 0.15) is 12.4 Å². The van der Waals surface area contributed by atoms with Crippen LogP contribution in [0.5, 0.6) is 5.75 Å². The van der Waals surface area contributed by atoms with E-state index in [1.165, 1.54) is 6.08 Å². The Balaban J connectivity index is 1.48. The van der Waals surface area contributed by atoms with Crippen molar-refractivity contribution in [1.82, 2.24) is 5.32 Å². The molecule has 3 aromatic rings. The van der Waals surface area contributed by atoms with E-state index in [0.717, 1.165) is 16.7 Å². The van der Waals surface area contributed by atoms with Gasteiger partial charge in [0.15, 0.2) is 0 Å². The Morgan fingerprint density at radius 2 is 1.59 bits per heavy atom. The molecule has 0 aliphatic heterocycles. The Hall–Kier alpha value is -2.46. The molecule has 0 aliphatic carbocycles. The van der Waals surface area contributed by atoms with E-state index < -0.39 is 0 Å². The Kier molecular flexibility index (Phi) is 7.59. The summed E-state index contributed by atoms with van der Waals surface area (Å²) >= 11 is 17.9. The van der Waals surface area contributed by atoms with Gasteiger partial charge in [-0.1, -0.05) is 65.1 Å². The number of carbonyl (C=O) groups is 1. The van der Waals surface area contributed by atoms with Crippen molar-refractivity contribution in [2.24, 2.45) is 0 Å². The zero-order valence-corrected chi connectivity index (χ0v) is 17.6. The maximum Gasteiger partial charge on any atom is 0.244 e. The third-order valence-corrected chi connectivity index (χ3v) is 4.94. The first-order valence-corrected chi connectivity index (χ1v) is 10.00. The minimum atomic E-state index is -0.169. The van der Waals surface area contributed by atoms with Gasteiger partial charge in [0, 0.05) is 33.3 Å².